The molecule has 3 aromatic carbocycles. The van der Waals surface area contributed by atoms with Crippen molar-refractivity contribution in [2.45, 2.75) is 25.5 Å². The number of nitrogens with one attached hydrogen (secondary N) is 1. The van der Waals surface area contributed by atoms with Crippen LogP contribution in [0.1, 0.15) is 32.9 Å². The van der Waals surface area contributed by atoms with E-state index in [2.05, 4.69) is 15.3 Å². The van der Waals surface area contributed by atoms with E-state index in [4.69, 9.17) is 14.2 Å². The number of nitrogens with zero attached hydrogens (tertiary/aromatic N) is 2. The molecule has 9 nitrogen and oxygen atoms in total. The number of amides is 1. The summed E-state index contributed by atoms with van der Waals surface area (Å²) in [6.45, 7) is 3.52. The predicted octanol–water partition coefficient (Wildman–Crippen LogP) is 4.32. The Morgan fingerprint density at radius 3 is 1.72 bits per heavy atom. The molecule has 4 aromatic rings. The maximum atomic E-state index is 13.9. The molecular weight excluding hydrogens is 498 g/mol. The molecule has 200 valence electrons. The maximum Gasteiger partial charge on any atom is 0.348 e. The number of methoxy groups -OCH3 is 2. The molecule has 0 fully saturated rings. The van der Waals surface area contributed by atoms with E-state index in [1.54, 1.807) is 98.8 Å². The van der Waals surface area contributed by atoms with Gasteiger partial charge in [0.1, 0.15) is 17.0 Å². The number of aromatic nitrogens is 2. The molecule has 0 aliphatic carbocycles. The molecule has 0 saturated heterocycles. The monoisotopic (exact) mass is 527 g/mol. The number of hydrogen-bond acceptors (Lipinski definition) is 7. The summed E-state index contributed by atoms with van der Waals surface area (Å²) in [4.78, 5) is 35.5. The maximum absolute atomic E-state index is 13.9. The third-order valence-electron chi connectivity index (χ3n) is 6.19. The zero-order chi connectivity index (χ0) is 28.0. The number of aliphatic carboxylic acids is 1. The number of carboxylic acids is 1. The van der Waals surface area contributed by atoms with Crippen molar-refractivity contribution in [3.8, 4) is 17.5 Å². The molecular formula is C30H29N3O6. The molecule has 0 bridgehead atoms. The molecule has 0 aliphatic rings. The van der Waals surface area contributed by atoms with Crippen LogP contribution < -0.4 is 19.5 Å². The molecule has 1 amide bonds. The molecule has 0 spiro atoms. The van der Waals surface area contributed by atoms with Crippen molar-refractivity contribution in [1.29, 1.82) is 0 Å². The molecule has 0 aliphatic heterocycles. The van der Waals surface area contributed by atoms with Gasteiger partial charge >= 0.3 is 12.0 Å². The highest BCUT2D eigenvalue weighted by atomic mass is 16.5. The van der Waals surface area contributed by atoms with Gasteiger partial charge in [-0.25, -0.2) is 14.8 Å². The first-order valence-corrected chi connectivity index (χ1v) is 12.1. The molecule has 0 radical (unpaired) electrons. The van der Waals surface area contributed by atoms with E-state index >= 15 is 0 Å². The van der Waals surface area contributed by atoms with Crippen molar-refractivity contribution in [3.63, 3.8) is 0 Å². The standard InChI is InChI=1S/C30H29N3O6/c1-19-15-20(2)32-29(31-19)39-26(28(35)36)30(22-11-7-5-8-12-22,23-13-9-6-10-14-23)33-27(34)21-16-24(37-3)18-25(17-21)38-4/h5-18,26H,1-4H3,(H,33,34)(H,35,36). The number of carbonyl (C=O) groups excluding carboxylic acids is 1. The second-order valence-electron chi connectivity index (χ2n) is 8.86. The molecule has 1 heterocycles. The van der Waals surface area contributed by atoms with Crippen molar-refractivity contribution in [1.82, 2.24) is 15.3 Å². The van der Waals surface area contributed by atoms with Crippen LogP contribution in [0.3, 0.4) is 0 Å². The van der Waals surface area contributed by atoms with Gasteiger partial charge in [-0.3, -0.25) is 4.79 Å². The van der Waals surface area contributed by atoms with E-state index in [9.17, 15) is 14.7 Å². The molecule has 9 heteroatoms. The third kappa shape index (κ3) is 5.82. The van der Waals surface area contributed by atoms with Gasteiger partial charge in [-0.1, -0.05) is 60.7 Å². The predicted molar refractivity (Wildman–Crippen MR) is 144 cm³/mol. The fraction of sp³-hybridized carbons (Fsp3) is 0.200. The average molecular weight is 528 g/mol. The second kappa shape index (κ2) is 11.6. The van der Waals surface area contributed by atoms with Crippen molar-refractivity contribution in [2.24, 2.45) is 0 Å². The van der Waals surface area contributed by atoms with Crippen LogP contribution in [-0.2, 0) is 10.3 Å². The zero-order valence-corrected chi connectivity index (χ0v) is 22.0. The lowest BCUT2D eigenvalue weighted by atomic mass is 9.77. The van der Waals surface area contributed by atoms with Crippen LogP contribution >= 0.6 is 0 Å². The minimum Gasteiger partial charge on any atom is -0.497 e. The van der Waals surface area contributed by atoms with Crippen molar-refractivity contribution >= 4 is 11.9 Å². The Bertz CT molecular complexity index is 1380. The summed E-state index contributed by atoms with van der Waals surface area (Å²) in [6.07, 6.45) is -1.67. The van der Waals surface area contributed by atoms with Gasteiger partial charge in [-0.2, -0.15) is 0 Å². The van der Waals surface area contributed by atoms with Gasteiger partial charge in [0.05, 0.1) is 14.2 Å². The smallest absolute Gasteiger partial charge is 0.348 e. The Balaban J connectivity index is 1.95. The van der Waals surface area contributed by atoms with Crippen LogP contribution in [0.4, 0.5) is 0 Å². The van der Waals surface area contributed by atoms with Gasteiger partial charge in [-0.15, -0.1) is 0 Å². The number of carbonyl (C=O) groups is 2. The summed E-state index contributed by atoms with van der Waals surface area (Å²) < 4.78 is 16.7. The Hall–Kier alpha value is -4.92. The highest BCUT2D eigenvalue weighted by Gasteiger charge is 2.50. The van der Waals surface area contributed by atoms with E-state index in [1.165, 1.54) is 14.2 Å². The minimum absolute atomic E-state index is 0.117. The highest BCUT2D eigenvalue weighted by Crippen LogP contribution is 2.36. The minimum atomic E-state index is -1.71. The van der Waals surface area contributed by atoms with E-state index in [0.717, 1.165) is 0 Å². The van der Waals surface area contributed by atoms with Crippen LogP contribution in [-0.4, -0.2) is 47.3 Å². The summed E-state index contributed by atoms with van der Waals surface area (Å²) in [5, 5.41) is 13.6. The van der Waals surface area contributed by atoms with Gasteiger partial charge in [-0.05, 0) is 43.2 Å². The fourth-order valence-electron chi connectivity index (χ4n) is 4.45. The molecule has 1 atom stereocenters. The third-order valence-corrected chi connectivity index (χ3v) is 6.19. The Labute approximate surface area is 226 Å². The van der Waals surface area contributed by atoms with Crippen LogP contribution in [0.15, 0.2) is 84.9 Å². The number of carboxylic acid groups (broad SMARTS) is 1. The summed E-state index contributed by atoms with van der Waals surface area (Å²) in [7, 11) is 2.96. The lowest BCUT2D eigenvalue weighted by Gasteiger charge is -2.39. The molecule has 2 N–H and O–H groups in total. The van der Waals surface area contributed by atoms with Crippen LogP contribution in [0.2, 0.25) is 0 Å². The van der Waals surface area contributed by atoms with Crippen molar-refractivity contribution < 1.29 is 28.9 Å². The summed E-state index contributed by atoms with van der Waals surface area (Å²) in [5.74, 6) is -1.09. The quantitative estimate of drug-likeness (QED) is 0.313. The Kier molecular flexibility index (Phi) is 8.10. The number of hydrogen-bond donors (Lipinski definition) is 2. The van der Waals surface area contributed by atoms with E-state index in [-0.39, 0.29) is 11.6 Å². The Morgan fingerprint density at radius 2 is 1.28 bits per heavy atom. The number of aryl methyl sites for hydroxylation is 2. The summed E-state index contributed by atoms with van der Waals surface area (Å²) in [5.41, 5.74) is 0.683. The molecule has 4 rings (SSSR count). The molecule has 0 saturated carbocycles. The SMILES string of the molecule is COc1cc(OC)cc(C(=O)NC(c2ccccc2)(c2ccccc2)C(Oc2nc(C)cc(C)n2)C(=O)O)c1. The number of rotatable bonds is 10. The van der Waals surface area contributed by atoms with Gasteiger partial charge in [0.25, 0.3) is 5.91 Å². The largest absolute Gasteiger partial charge is 0.497 e. The van der Waals surface area contributed by atoms with Gasteiger partial charge in [0.2, 0.25) is 6.10 Å². The topological polar surface area (TPSA) is 120 Å². The van der Waals surface area contributed by atoms with E-state index in [1.807, 2.05) is 0 Å². The van der Waals surface area contributed by atoms with Gasteiger partial charge in [0.15, 0.2) is 0 Å². The molecule has 1 unspecified atom stereocenters. The van der Waals surface area contributed by atoms with Crippen molar-refractivity contribution in [2.75, 3.05) is 14.2 Å². The first-order chi connectivity index (χ1) is 18.8. The number of benzene rings is 3. The fourth-order valence-corrected chi connectivity index (χ4v) is 4.45. The highest BCUT2D eigenvalue weighted by molar-refractivity contribution is 5.96. The number of ether oxygens (including phenoxy) is 3. The molecule has 1 aromatic heterocycles. The van der Waals surface area contributed by atoms with Crippen molar-refractivity contribution in [3.05, 3.63) is 113 Å². The van der Waals surface area contributed by atoms with E-state index in [0.29, 0.717) is 34.0 Å². The molecule has 39 heavy (non-hydrogen) atoms. The summed E-state index contributed by atoms with van der Waals surface area (Å²) in [6, 6.07) is 24.0. The second-order valence-corrected chi connectivity index (χ2v) is 8.86. The normalized spacial score (nSPS) is 11.8. The Morgan fingerprint density at radius 1 is 0.795 bits per heavy atom. The lowest BCUT2D eigenvalue weighted by molar-refractivity contribution is -0.148. The summed E-state index contributed by atoms with van der Waals surface area (Å²) >= 11 is 0. The van der Waals surface area contributed by atoms with Crippen LogP contribution in [0.25, 0.3) is 0 Å². The van der Waals surface area contributed by atoms with Gasteiger partial charge < -0.3 is 24.6 Å². The first-order valence-electron chi connectivity index (χ1n) is 12.1. The van der Waals surface area contributed by atoms with Gasteiger partial charge in [0, 0.05) is 23.0 Å². The lowest BCUT2D eigenvalue weighted by Crippen LogP contribution is -2.60. The zero-order valence-electron chi connectivity index (χ0n) is 22.0. The van der Waals surface area contributed by atoms with Crippen LogP contribution in [0, 0.1) is 13.8 Å². The van der Waals surface area contributed by atoms with Crippen LogP contribution in [0.5, 0.6) is 17.5 Å². The average Bonchev–Trinajstić information content (AvgIpc) is 2.94. The van der Waals surface area contributed by atoms with E-state index < -0.39 is 23.5 Å². The first kappa shape index (κ1) is 27.1.